The maximum atomic E-state index is 5.80. The Labute approximate surface area is 96.8 Å². The predicted molar refractivity (Wildman–Crippen MR) is 63.7 cm³/mol. The van der Waals surface area contributed by atoms with Crippen LogP contribution in [0.25, 0.3) is 0 Å². The predicted octanol–water partition coefficient (Wildman–Crippen LogP) is 1.99. The first-order valence-electron chi connectivity index (χ1n) is 5.75. The molecule has 2 atom stereocenters. The van der Waals surface area contributed by atoms with E-state index in [9.17, 15) is 0 Å². The summed E-state index contributed by atoms with van der Waals surface area (Å²) in [7, 11) is 3.67. The van der Waals surface area contributed by atoms with Gasteiger partial charge in [0.1, 0.15) is 5.75 Å². The molecule has 0 saturated carbocycles. The third-order valence-electron chi connectivity index (χ3n) is 3.12. The zero-order valence-electron chi connectivity index (χ0n) is 9.90. The maximum absolute atomic E-state index is 5.80. The van der Waals surface area contributed by atoms with Crippen molar-refractivity contribution < 1.29 is 9.47 Å². The van der Waals surface area contributed by atoms with Gasteiger partial charge in [-0.1, -0.05) is 12.1 Å². The van der Waals surface area contributed by atoms with E-state index < -0.39 is 0 Å². The highest BCUT2D eigenvalue weighted by molar-refractivity contribution is 5.29. The molecule has 2 rings (SSSR count). The van der Waals surface area contributed by atoms with Crippen LogP contribution >= 0.6 is 0 Å². The maximum Gasteiger partial charge on any atom is 0.118 e. The van der Waals surface area contributed by atoms with Crippen molar-refractivity contribution in [3.8, 4) is 5.75 Å². The molecule has 0 aromatic heterocycles. The molecule has 1 aliphatic heterocycles. The zero-order chi connectivity index (χ0) is 11.4. The molecular weight excluding hydrogens is 202 g/mol. The van der Waals surface area contributed by atoms with E-state index in [-0.39, 0.29) is 6.10 Å². The number of benzene rings is 1. The molecule has 1 fully saturated rings. The van der Waals surface area contributed by atoms with Crippen molar-refractivity contribution in [2.24, 2.45) is 5.92 Å². The highest BCUT2D eigenvalue weighted by atomic mass is 16.5. The summed E-state index contributed by atoms with van der Waals surface area (Å²) in [6.07, 6.45) is 1.37. The second kappa shape index (κ2) is 5.32. The van der Waals surface area contributed by atoms with Gasteiger partial charge < -0.3 is 14.8 Å². The van der Waals surface area contributed by atoms with Crippen molar-refractivity contribution in [1.82, 2.24) is 5.32 Å². The Morgan fingerprint density at radius 2 is 2.12 bits per heavy atom. The second-order valence-corrected chi connectivity index (χ2v) is 4.17. The average Bonchev–Trinajstić information content (AvgIpc) is 2.78. The molecule has 1 N–H and O–H groups in total. The first-order chi connectivity index (χ1) is 7.85. The molecule has 0 spiro atoms. The molecule has 2 unspecified atom stereocenters. The van der Waals surface area contributed by atoms with E-state index in [1.165, 1.54) is 5.56 Å². The first-order valence-corrected chi connectivity index (χ1v) is 5.75. The Morgan fingerprint density at radius 3 is 2.75 bits per heavy atom. The molecule has 88 valence electrons. The summed E-state index contributed by atoms with van der Waals surface area (Å²) >= 11 is 0. The third-order valence-corrected chi connectivity index (χ3v) is 3.12. The van der Waals surface area contributed by atoms with Crippen LogP contribution in [0.2, 0.25) is 0 Å². The zero-order valence-corrected chi connectivity index (χ0v) is 9.90. The molecule has 0 aliphatic carbocycles. The van der Waals surface area contributed by atoms with Gasteiger partial charge in [-0.2, -0.15) is 0 Å². The number of methoxy groups -OCH3 is 1. The topological polar surface area (TPSA) is 30.5 Å². The Morgan fingerprint density at radius 1 is 1.38 bits per heavy atom. The lowest BCUT2D eigenvalue weighted by Crippen LogP contribution is -2.21. The van der Waals surface area contributed by atoms with Crippen molar-refractivity contribution in [2.75, 3.05) is 27.3 Å². The van der Waals surface area contributed by atoms with E-state index in [0.29, 0.717) is 5.92 Å². The van der Waals surface area contributed by atoms with Crippen LogP contribution in [0, 0.1) is 5.92 Å². The summed E-state index contributed by atoms with van der Waals surface area (Å²) in [6, 6.07) is 8.18. The van der Waals surface area contributed by atoms with Crippen molar-refractivity contribution in [3.05, 3.63) is 29.8 Å². The summed E-state index contributed by atoms with van der Waals surface area (Å²) in [5.74, 6) is 1.48. The van der Waals surface area contributed by atoms with E-state index in [4.69, 9.17) is 9.47 Å². The van der Waals surface area contributed by atoms with Crippen LogP contribution in [-0.2, 0) is 4.74 Å². The van der Waals surface area contributed by atoms with Gasteiger partial charge in [-0.05, 0) is 31.2 Å². The van der Waals surface area contributed by atoms with Crippen molar-refractivity contribution in [3.63, 3.8) is 0 Å². The van der Waals surface area contributed by atoms with Crippen molar-refractivity contribution in [1.29, 1.82) is 0 Å². The molecule has 1 aromatic carbocycles. The minimum atomic E-state index is 0.235. The third kappa shape index (κ3) is 2.36. The monoisotopic (exact) mass is 221 g/mol. The molecule has 1 heterocycles. The van der Waals surface area contributed by atoms with Crippen LogP contribution < -0.4 is 10.1 Å². The van der Waals surface area contributed by atoms with Gasteiger partial charge in [0, 0.05) is 19.1 Å². The summed E-state index contributed by atoms with van der Waals surface area (Å²) in [4.78, 5) is 0. The van der Waals surface area contributed by atoms with E-state index >= 15 is 0 Å². The number of hydrogen-bond acceptors (Lipinski definition) is 3. The van der Waals surface area contributed by atoms with Crippen LogP contribution in [0.15, 0.2) is 24.3 Å². The van der Waals surface area contributed by atoms with Gasteiger partial charge in [0.05, 0.1) is 13.2 Å². The van der Waals surface area contributed by atoms with Crippen molar-refractivity contribution >= 4 is 0 Å². The summed E-state index contributed by atoms with van der Waals surface area (Å²) in [5.41, 5.74) is 1.25. The lowest BCUT2D eigenvalue weighted by molar-refractivity contribution is 0.0909. The summed E-state index contributed by atoms with van der Waals surface area (Å²) in [6.45, 7) is 1.87. The Bertz CT molecular complexity index is 323. The molecule has 16 heavy (non-hydrogen) atoms. The van der Waals surface area contributed by atoms with E-state index in [1.807, 2.05) is 19.2 Å². The van der Waals surface area contributed by atoms with Gasteiger partial charge in [0.25, 0.3) is 0 Å². The number of ether oxygens (including phenoxy) is 2. The number of rotatable bonds is 4. The highest BCUT2D eigenvalue weighted by Gasteiger charge is 2.28. The smallest absolute Gasteiger partial charge is 0.118 e. The fourth-order valence-electron chi connectivity index (χ4n) is 2.27. The number of nitrogens with one attached hydrogen (secondary N) is 1. The van der Waals surface area contributed by atoms with Crippen LogP contribution in [-0.4, -0.2) is 27.3 Å². The minimum absolute atomic E-state index is 0.235. The van der Waals surface area contributed by atoms with Gasteiger partial charge in [-0.15, -0.1) is 0 Å². The molecule has 1 saturated heterocycles. The van der Waals surface area contributed by atoms with Crippen LogP contribution in [0.4, 0.5) is 0 Å². The molecule has 0 amide bonds. The molecule has 3 nitrogen and oxygen atoms in total. The van der Waals surface area contributed by atoms with Crippen LogP contribution in [0.3, 0.4) is 0 Å². The largest absolute Gasteiger partial charge is 0.497 e. The minimum Gasteiger partial charge on any atom is -0.497 e. The molecule has 1 aromatic rings. The first kappa shape index (κ1) is 11.4. The molecule has 1 aliphatic rings. The molecule has 0 radical (unpaired) electrons. The lowest BCUT2D eigenvalue weighted by atomic mass is 9.95. The Hall–Kier alpha value is -1.06. The van der Waals surface area contributed by atoms with E-state index in [0.717, 1.165) is 25.3 Å². The van der Waals surface area contributed by atoms with E-state index in [1.54, 1.807) is 7.11 Å². The van der Waals surface area contributed by atoms with Crippen LogP contribution in [0.1, 0.15) is 18.1 Å². The van der Waals surface area contributed by atoms with Gasteiger partial charge in [-0.25, -0.2) is 0 Å². The van der Waals surface area contributed by atoms with Gasteiger partial charge in [0.15, 0.2) is 0 Å². The van der Waals surface area contributed by atoms with E-state index in [2.05, 4.69) is 17.4 Å². The SMILES string of the molecule is CNCC1CCOC1c1ccc(OC)cc1. The lowest BCUT2D eigenvalue weighted by Gasteiger charge is -2.18. The quantitative estimate of drug-likeness (QED) is 0.843. The standard InChI is InChI=1S/C13H19NO2/c1-14-9-11-7-8-16-13(11)10-3-5-12(15-2)6-4-10/h3-6,11,13-14H,7-9H2,1-2H3. The molecule has 3 heteroatoms. The fourth-order valence-corrected chi connectivity index (χ4v) is 2.27. The van der Waals surface area contributed by atoms with Gasteiger partial charge in [0.2, 0.25) is 0 Å². The highest BCUT2D eigenvalue weighted by Crippen LogP contribution is 2.34. The fraction of sp³-hybridized carbons (Fsp3) is 0.538. The molecule has 0 bridgehead atoms. The second-order valence-electron chi connectivity index (χ2n) is 4.17. The molecular formula is C13H19NO2. The average molecular weight is 221 g/mol. The van der Waals surface area contributed by atoms with Gasteiger partial charge in [-0.3, -0.25) is 0 Å². The number of hydrogen-bond donors (Lipinski definition) is 1. The van der Waals surface area contributed by atoms with Crippen LogP contribution in [0.5, 0.6) is 5.75 Å². The normalized spacial score (nSPS) is 24.6. The summed E-state index contributed by atoms with van der Waals surface area (Å²) in [5, 5.41) is 3.23. The summed E-state index contributed by atoms with van der Waals surface area (Å²) < 4.78 is 10.9. The van der Waals surface area contributed by atoms with Crippen molar-refractivity contribution in [2.45, 2.75) is 12.5 Å². The van der Waals surface area contributed by atoms with Gasteiger partial charge >= 0.3 is 0 Å². The Balaban J connectivity index is 2.09. The Kier molecular flexibility index (Phi) is 3.80.